The van der Waals surface area contributed by atoms with Crippen LogP contribution in [0.1, 0.15) is 24.4 Å². The van der Waals surface area contributed by atoms with E-state index in [1.165, 1.54) is 21.3 Å². The lowest BCUT2D eigenvalue weighted by Gasteiger charge is -2.41. The predicted molar refractivity (Wildman–Crippen MR) is 148 cm³/mol. The fourth-order valence-corrected chi connectivity index (χ4v) is 5.22. The fraction of sp³-hybridized carbons (Fsp3) is 0.333. The van der Waals surface area contributed by atoms with Crippen LogP contribution < -0.4 is 38.6 Å². The molecule has 40 heavy (non-hydrogen) atoms. The number of carbonyl (C=O) groups excluding carboxylic acids is 2. The number of benzene rings is 3. The molecule has 0 saturated carbocycles. The average Bonchev–Trinajstić information content (AvgIpc) is 3.00. The van der Waals surface area contributed by atoms with Crippen molar-refractivity contribution in [3.05, 3.63) is 60.2 Å². The molecule has 3 aromatic carbocycles. The van der Waals surface area contributed by atoms with Crippen molar-refractivity contribution in [2.45, 2.75) is 18.9 Å². The molecule has 1 N–H and O–H groups in total. The number of fused-ring (bicyclic) bond motifs is 1. The summed E-state index contributed by atoms with van der Waals surface area (Å²) in [5.74, 6) is 2.18. The first-order chi connectivity index (χ1) is 19.5. The van der Waals surface area contributed by atoms with Gasteiger partial charge in [0.15, 0.2) is 23.0 Å². The van der Waals surface area contributed by atoms with Gasteiger partial charge >= 0.3 is 0 Å². The lowest BCUT2D eigenvalue weighted by molar-refractivity contribution is -0.125. The SMILES string of the molecule is COc1ccc([C@@H]2[C@H](C(=O)Nc3ccc4c(c3)OCCO4)CCC(=O)N2c2cc(OC)c(OC)c(OC)c2)cc1. The number of piperidine rings is 1. The zero-order chi connectivity index (χ0) is 28.2. The molecule has 0 unspecified atom stereocenters. The Labute approximate surface area is 232 Å². The van der Waals surface area contributed by atoms with Crippen LogP contribution in [0, 0.1) is 5.92 Å². The molecule has 0 aromatic heterocycles. The number of anilines is 2. The summed E-state index contributed by atoms with van der Waals surface area (Å²) < 4.78 is 33.2. The van der Waals surface area contributed by atoms with Crippen molar-refractivity contribution in [3.63, 3.8) is 0 Å². The Balaban J connectivity index is 1.55. The van der Waals surface area contributed by atoms with Gasteiger partial charge in [0.2, 0.25) is 17.6 Å². The number of methoxy groups -OCH3 is 4. The Morgan fingerprint density at radius 1 is 0.850 bits per heavy atom. The van der Waals surface area contributed by atoms with Crippen molar-refractivity contribution < 1.29 is 38.0 Å². The lowest BCUT2D eigenvalue weighted by atomic mass is 9.83. The molecule has 0 bridgehead atoms. The minimum atomic E-state index is -0.618. The molecule has 1 saturated heterocycles. The van der Waals surface area contributed by atoms with Crippen molar-refractivity contribution in [2.75, 3.05) is 51.9 Å². The second-order valence-corrected chi connectivity index (χ2v) is 9.36. The zero-order valence-electron chi connectivity index (χ0n) is 22.9. The Morgan fingerprint density at radius 2 is 1.52 bits per heavy atom. The molecular weight excluding hydrogens is 516 g/mol. The maximum atomic E-state index is 13.9. The van der Waals surface area contributed by atoms with Crippen molar-refractivity contribution in [1.29, 1.82) is 0 Å². The monoisotopic (exact) mass is 548 g/mol. The second kappa shape index (κ2) is 11.6. The van der Waals surface area contributed by atoms with Crippen LogP contribution in [0.5, 0.6) is 34.5 Å². The van der Waals surface area contributed by atoms with Crippen LogP contribution in [-0.4, -0.2) is 53.5 Å². The van der Waals surface area contributed by atoms with Gasteiger partial charge in [-0.15, -0.1) is 0 Å². The number of ether oxygens (including phenoxy) is 6. The van der Waals surface area contributed by atoms with Crippen LogP contribution in [0.4, 0.5) is 11.4 Å². The first-order valence-corrected chi connectivity index (χ1v) is 12.9. The van der Waals surface area contributed by atoms with Gasteiger partial charge in [-0.1, -0.05) is 12.1 Å². The summed E-state index contributed by atoms with van der Waals surface area (Å²) in [5.41, 5.74) is 1.89. The molecule has 210 valence electrons. The Bertz CT molecular complexity index is 1370. The van der Waals surface area contributed by atoms with Gasteiger partial charge in [0.05, 0.1) is 46.1 Å². The van der Waals surface area contributed by atoms with Crippen molar-refractivity contribution in [2.24, 2.45) is 5.92 Å². The highest BCUT2D eigenvalue weighted by Crippen LogP contribution is 2.46. The second-order valence-electron chi connectivity index (χ2n) is 9.36. The minimum Gasteiger partial charge on any atom is -0.497 e. The van der Waals surface area contributed by atoms with E-state index in [4.69, 9.17) is 28.4 Å². The van der Waals surface area contributed by atoms with Crippen LogP contribution in [0.2, 0.25) is 0 Å². The van der Waals surface area contributed by atoms with Crippen LogP contribution >= 0.6 is 0 Å². The van der Waals surface area contributed by atoms with Crippen LogP contribution in [0.15, 0.2) is 54.6 Å². The van der Waals surface area contributed by atoms with E-state index in [1.807, 2.05) is 24.3 Å². The first kappa shape index (κ1) is 27.0. The number of carbonyl (C=O) groups is 2. The molecule has 2 aliphatic heterocycles. The predicted octanol–water partition coefficient (Wildman–Crippen LogP) is 4.62. The van der Waals surface area contributed by atoms with E-state index in [0.29, 0.717) is 65.5 Å². The standard InChI is InChI=1S/C30H32N2O8/c1-35-21-8-5-18(6-9-21)28-22(30(34)31-19-7-11-23-24(15-19)40-14-13-39-23)10-12-27(33)32(28)20-16-25(36-2)29(38-4)26(17-20)37-3/h5-9,11,15-17,22,28H,10,12-14H2,1-4H3,(H,31,34)/t22-,28-/m1/s1. The van der Waals surface area contributed by atoms with Gasteiger partial charge in [-0.05, 0) is 36.2 Å². The van der Waals surface area contributed by atoms with Gasteiger partial charge in [0, 0.05) is 30.3 Å². The third kappa shape index (κ3) is 5.16. The summed E-state index contributed by atoms with van der Waals surface area (Å²) in [6.45, 7) is 0.924. The van der Waals surface area contributed by atoms with Gasteiger partial charge in [0.1, 0.15) is 19.0 Å². The van der Waals surface area contributed by atoms with Gasteiger partial charge < -0.3 is 38.6 Å². The molecular formula is C30H32N2O8. The number of hydrogen-bond acceptors (Lipinski definition) is 8. The number of nitrogens with zero attached hydrogens (tertiary/aromatic N) is 1. The Hall–Kier alpha value is -4.60. The fourth-order valence-electron chi connectivity index (χ4n) is 5.22. The number of hydrogen-bond donors (Lipinski definition) is 1. The molecule has 1 fully saturated rings. The number of rotatable bonds is 8. The molecule has 2 amide bonds. The van der Waals surface area contributed by atoms with Crippen LogP contribution in [0.25, 0.3) is 0 Å². The molecule has 10 nitrogen and oxygen atoms in total. The zero-order valence-corrected chi connectivity index (χ0v) is 22.9. The summed E-state index contributed by atoms with van der Waals surface area (Å²) >= 11 is 0. The highest BCUT2D eigenvalue weighted by Gasteiger charge is 2.42. The molecule has 0 radical (unpaired) electrons. The quantitative estimate of drug-likeness (QED) is 0.435. The lowest BCUT2D eigenvalue weighted by Crippen LogP contribution is -2.47. The van der Waals surface area contributed by atoms with Gasteiger partial charge in [-0.2, -0.15) is 0 Å². The van der Waals surface area contributed by atoms with Crippen LogP contribution in [-0.2, 0) is 9.59 Å². The maximum Gasteiger partial charge on any atom is 0.229 e. The Kier molecular flexibility index (Phi) is 7.86. The molecule has 5 rings (SSSR count). The Morgan fingerprint density at radius 3 is 2.15 bits per heavy atom. The van der Waals surface area contributed by atoms with Crippen molar-refractivity contribution in [3.8, 4) is 34.5 Å². The van der Waals surface area contributed by atoms with Crippen LogP contribution in [0.3, 0.4) is 0 Å². The third-order valence-corrected chi connectivity index (χ3v) is 7.13. The summed E-state index contributed by atoms with van der Waals surface area (Å²) in [7, 11) is 6.14. The van der Waals surface area contributed by atoms with Gasteiger partial charge in [-0.3, -0.25) is 9.59 Å². The third-order valence-electron chi connectivity index (χ3n) is 7.13. The molecule has 0 aliphatic carbocycles. The summed E-state index contributed by atoms with van der Waals surface area (Å²) in [6.07, 6.45) is 0.551. The molecule has 3 aromatic rings. The summed E-state index contributed by atoms with van der Waals surface area (Å²) in [5, 5.41) is 3.03. The van der Waals surface area contributed by atoms with E-state index in [0.717, 1.165) is 5.56 Å². The van der Waals surface area contributed by atoms with E-state index in [2.05, 4.69) is 5.32 Å². The summed E-state index contributed by atoms with van der Waals surface area (Å²) in [6, 6.07) is 15.5. The van der Waals surface area contributed by atoms with Crippen molar-refractivity contribution in [1.82, 2.24) is 0 Å². The summed E-state index contributed by atoms with van der Waals surface area (Å²) in [4.78, 5) is 29.1. The number of amides is 2. The highest BCUT2D eigenvalue weighted by atomic mass is 16.6. The maximum absolute atomic E-state index is 13.9. The molecule has 10 heteroatoms. The normalized spacial score (nSPS) is 18.1. The first-order valence-electron chi connectivity index (χ1n) is 12.9. The number of nitrogens with one attached hydrogen (secondary N) is 1. The molecule has 2 heterocycles. The van der Waals surface area contributed by atoms with E-state index in [-0.39, 0.29) is 18.2 Å². The van der Waals surface area contributed by atoms with E-state index in [9.17, 15) is 9.59 Å². The van der Waals surface area contributed by atoms with Gasteiger partial charge in [-0.25, -0.2) is 0 Å². The van der Waals surface area contributed by atoms with Gasteiger partial charge in [0.25, 0.3) is 0 Å². The molecule has 0 spiro atoms. The van der Waals surface area contributed by atoms with E-state index >= 15 is 0 Å². The highest BCUT2D eigenvalue weighted by molar-refractivity contribution is 6.00. The average molecular weight is 549 g/mol. The smallest absolute Gasteiger partial charge is 0.229 e. The molecule has 2 atom stereocenters. The molecule has 2 aliphatic rings. The largest absolute Gasteiger partial charge is 0.497 e. The van der Waals surface area contributed by atoms with E-state index < -0.39 is 12.0 Å². The topological polar surface area (TPSA) is 105 Å². The van der Waals surface area contributed by atoms with Crippen molar-refractivity contribution >= 4 is 23.2 Å². The van der Waals surface area contributed by atoms with E-state index in [1.54, 1.807) is 42.3 Å². The minimum absolute atomic E-state index is 0.126.